The van der Waals surface area contributed by atoms with E-state index in [1.807, 2.05) is 24.3 Å². The maximum atomic E-state index is 14.3. The van der Waals surface area contributed by atoms with Gasteiger partial charge in [-0.15, -0.1) is 0 Å². The molecular weight excluding hydrogens is 451 g/mol. The van der Waals surface area contributed by atoms with Crippen molar-refractivity contribution in [3.05, 3.63) is 58.8 Å². The number of thioether (sulfide) groups is 1. The number of carbonyl (C=O) groups is 1. The molecule has 1 amide bonds. The number of nitrogens with zero attached hydrogens (tertiary/aromatic N) is 2. The number of amides is 1. The fourth-order valence-corrected chi connectivity index (χ4v) is 5.29. The molecule has 4 rings (SSSR count). The number of ether oxygens (including phenoxy) is 2. The highest BCUT2D eigenvalue weighted by atomic mass is 32.2. The number of halogens is 1. The van der Waals surface area contributed by atoms with Gasteiger partial charge >= 0.3 is 0 Å². The summed E-state index contributed by atoms with van der Waals surface area (Å²) in [4.78, 5) is 20.4. The van der Waals surface area contributed by atoms with E-state index in [0.29, 0.717) is 28.2 Å². The molecule has 2 aliphatic rings. The van der Waals surface area contributed by atoms with Crippen LogP contribution in [0, 0.1) is 5.82 Å². The predicted molar refractivity (Wildman–Crippen MR) is 136 cm³/mol. The second-order valence-corrected chi connectivity index (χ2v) is 9.54. The van der Waals surface area contributed by atoms with Crippen molar-refractivity contribution in [2.75, 3.05) is 13.7 Å². The molecule has 2 aromatic rings. The first-order chi connectivity index (χ1) is 16.6. The van der Waals surface area contributed by atoms with Gasteiger partial charge in [-0.25, -0.2) is 9.38 Å². The van der Waals surface area contributed by atoms with Gasteiger partial charge in [-0.2, -0.15) is 0 Å². The van der Waals surface area contributed by atoms with Crippen molar-refractivity contribution < 1.29 is 18.7 Å². The highest BCUT2D eigenvalue weighted by molar-refractivity contribution is 8.18. The Morgan fingerprint density at radius 2 is 1.94 bits per heavy atom. The SMILES string of the molecule is CCCCOc1ccc(/C=C2\SC(=Nc3ccccc3F)N(C3CCCCC3)C2=O)cc1OC. The van der Waals surface area contributed by atoms with Gasteiger partial charge in [0.2, 0.25) is 0 Å². The van der Waals surface area contributed by atoms with Crippen LogP contribution in [0.2, 0.25) is 0 Å². The molecule has 1 aliphatic carbocycles. The van der Waals surface area contributed by atoms with Crippen molar-refractivity contribution in [3.63, 3.8) is 0 Å². The molecule has 0 spiro atoms. The first-order valence-corrected chi connectivity index (χ1v) is 12.8. The van der Waals surface area contributed by atoms with Crippen LogP contribution in [0.15, 0.2) is 52.4 Å². The fourth-order valence-electron chi connectivity index (χ4n) is 4.24. The number of hydrogen-bond donors (Lipinski definition) is 0. The van der Waals surface area contributed by atoms with E-state index in [4.69, 9.17) is 9.47 Å². The van der Waals surface area contributed by atoms with Crippen LogP contribution in [0.4, 0.5) is 10.1 Å². The summed E-state index contributed by atoms with van der Waals surface area (Å²) in [5.74, 6) is 0.848. The van der Waals surface area contributed by atoms with Gasteiger partial charge in [0.25, 0.3) is 5.91 Å². The molecule has 0 bridgehead atoms. The van der Waals surface area contributed by atoms with Gasteiger partial charge in [0.05, 0.1) is 18.6 Å². The summed E-state index contributed by atoms with van der Waals surface area (Å²) in [5, 5.41) is 0.541. The van der Waals surface area contributed by atoms with Crippen LogP contribution in [-0.2, 0) is 4.79 Å². The molecule has 0 unspecified atom stereocenters. The topological polar surface area (TPSA) is 51.1 Å². The first kappa shape index (κ1) is 24.3. The number of amidine groups is 1. The summed E-state index contributed by atoms with van der Waals surface area (Å²) in [6.45, 7) is 2.75. The zero-order valence-corrected chi connectivity index (χ0v) is 20.6. The van der Waals surface area contributed by atoms with Gasteiger partial charge in [0.1, 0.15) is 11.5 Å². The summed E-state index contributed by atoms with van der Waals surface area (Å²) in [5.41, 5.74) is 1.08. The van der Waals surface area contributed by atoms with Gasteiger partial charge in [-0.3, -0.25) is 9.69 Å². The Kier molecular flexibility index (Phi) is 8.27. The van der Waals surface area contributed by atoms with E-state index in [9.17, 15) is 9.18 Å². The Hall–Kier alpha value is -2.80. The maximum Gasteiger partial charge on any atom is 0.267 e. The van der Waals surface area contributed by atoms with Crippen molar-refractivity contribution in [2.24, 2.45) is 4.99 Å². The molecule has 1 saturated heterocycles. The lowest BCUT2D eigenvalue weighted by Crippen LogP contribution is -2.40. The van der Waals surface area contributed by atoms with Gasteiger partial charge < -0.3 is 9.47 Å². The summed E-state index contributed by atoms with van der Waals surface area (Å²) in [6, 6.07) is 12.2. The minimum Gasteiger partial charge on any atom is -0.493 e. The number of unbranched alkanes of at least 4 members (excludes halogenated alkanes) is 1. The average Bonchev–Trinajstić information content (AvgIpc) is 3.16. The van der Waals surface area contributed by atoms with E-state index >= 15 is 0 Å². The number of benzene rings is 2. The number of carbonyl (C=O) groups excluding carboxylic acids is 1. The molecule has 1 saturated carbocycles. The maximum absolute atomic E-state index is 14.3. The zero-order chi connectivity index (χ0) is 23.9. The third kappa shape index (κ3) is 5.63. The Labute approximate surface area is 205 Å². The Bertz CT molecular complexity index is 1080. The van der Waals surface area contributed by atoms with Crippen molar-refractivity contribution >= 4 is 34.6 Å². The quantitative estimate of drug-likeness (QED) is 0.302. The Balaban J connectivity index is 1.64. The second kappa shape index (κ2) is 11.6. The van der Waals surface area contributed by atoms with Crippen LogP contribution >= 0.6 is 11.8 Å². The van der Waals surface area contributed by atoms with Crippen LogP contribution in [0.1, 0.15) is 57.4 Å². The molecule has 2 fully saturated rings. The summed E-state index contributed by atoms with van der Waals surface area (Å²) in [6.07, 6.45) is 9.11. The smallest absolute Gasteiger partial charge is 0.267 e. The lowest BCUT2D eigenvalue weighted by molar-refractivity contribution is -0.124. The van der Waals surface area contributed by atoms with Crippen molar-refractivity contribution in [2.45, 2.75) is 57.9 Å². The Morgan fingerprint density at radius 3 is 2.68 bits per heavy atom. The lowest BCUT2D eigenvalue weighted by Gasteiger charge is -2.30. The third-order valence-corrected chi connectivity index (χ3v) is 7.07. The monoisotopic (exact) mass is 482 g/mol. The van der Waals surface area contributed by atoms with E-state index in [-0.39, 0.29) is 17.6 Å². The fraction of sp³-hybridized carbons (Fsp3) is 0.407. The zero-order valence-electron chi connectivity index (χ0n) is 19.8. The van der Waals surface area contributed by atoms with E-state index in [1.165, 1.54) is 24.2 Å². The van der Waals surface area contributed by atoms with Gasteiger partial charge in [-0.05, 0) is 66.9 Å². The van der Waals surface area contributed by atoms with E-state index in [0.717, 1.165) is 44.1 Å². The largest absolute Gasteiger partial charge is 0.493 e. The highest BCUT2D eigenvalue weighted by Gasteiger charge is 2.38. The summed E-state index contributed by atoms with van der Waals surface area (Å²) >= 11 is 1.30. The number of para-hydroxylation sites is 1. The molecule has 1 heterocycles. The van der Waals surface area contributed by atoms with E-state index < -0.39 is 5.82 Å². The first-order valence-electron chi connectivity index (χ1n) is 12.0. The molecule has 7 heteroatoms. The summed E-state index contributed by atoms with van der Waals surface area (Å²) < 4.78 is 25.7. The molecule has 0 N–H and O–H groups in total. The molecular formula is C27H31FN2O3S. The number of rotatable bonds is 8. The van der Waals surface area contributed by atoms with E-state index in [2.05, 4.69) is 11.9 Å². The highest BCUT2D eigenvalue weighted by Crippen LogP contribution is 2.39. The predicted octanol–water partition coefficient (Wildman–Crippen LogP) is 6.95. The molecule has 180 valence electrons. The van der Waals surface area contributed by atoms with Gasteiger partial charge in [-0.1, -0.05) is 50.8 Å². The van der Waals surface area contributed by atoms with Gasteiger partial charge in [0, 0.05) is 6.04 Å². The molecule has 0 aromatic heterocycles. The molecule has 0 atom stereocenters. The van der Waals surface area contributed by atoms with Crippen LogP contribution in [0.3, 0.4) is 0 Å². The lowest BCUT2D eigenvalue weighted by atomic mass is 9.94. The number of methoxy groups -OCH3 is 1. The summed E-state index contributed by atoms with van der Waals surface area (Å²) in [7, 11) is 1.61. The molecule has 2 aromatic carbocycles. The molecule has 34 heavy (non-hydrogen) atoms. The van der Waals surface area contributed by atoms with Crippen LogP contribution < -0.4 is 9.47 Å². The standard InChI is InChI=1S/C27H31FN2O3S/c1-3-4-16-33-23-15-14-19(17-24(23)32-2)18-25-26(31)30(20-10-6-5-7-11-20)27(34-25)29-22-13-9-8-12-21(22)28/h8-9,12-15,17-18,20H,3-7,10-11,16H2,1-2H3/b25-18-,29-27?. The third-order valence-electron chi connectivity index (χ3n) is 6.09. The molecule has 0 radical (unpaired) electrons. The Morgan fingerprint density at radius 1 is 1.15 bits per heavy atom. The van der Waals surface area contributed by atoms with Crippen molar-refractivity contribution in [1.29, 1.82) is 0 Å². The normalized spacial score (nSPS) is 19.3. The van der Waals surface area contributed by atoms with Crippen molar-refractivity contribution in [1.82, 2.24) is 4.90 Å². The minimum absolute atomic E-state index is 0.0748. The molecule has 1 aliphatic heterocycles. The number of aliphatic imine (C=N–C) groups is 1. The minimum atomic E-state index is -0.396. The van der Waals surface area contributed by atoms with Crippen LogP contribution in [0.5, 0.6) is 11.5 Å². The molecule has 5 nitrogen and oxygen atoms in total. The van der Waals surface area contributed by atoms with Crippen LogP contribution in [-0.4, -0.2) is 35.7 Å². The van der Waals surface area contributed by atoms with Gasteiger partial charge in [0.15, 0.2) is 16.7 Å². The van der Waals surface area contributed by atoms with Crippen LogP contribution in [0.25, 0.3) is 6.08 Å². The number of hydrogen-bond acceptors (Lipinski definition) is 5. The average molecular weight is 483 g/mol. The second-order valence-electron chi connectivity index (χ2n) is 8.54. The van der Waals surface area contributed by atoms with Crippen molar-refractivity contribution in [3.8, 4) is 11.5 Å². The van der Waals surface area contributed by atoms with E-state index in [1.54, 1.807) is 30.2 Å².